The standard InChI is InChI=1S/C23H25N3O5S2/c1-16-12-17-4-2-3-5-19(17)26(16)22(27)14-25-20-13-18(6-7-21(20)32-15-23(25)28)33(29,30)24-8-10-31-11-9-24/h2-7,13,16H,8-12,14-15H2,1H3/t16-/m0/s1. The zero-order chi connectivity index (χ0) is 23.2. The molecule has 2 aromatic rings. The molecule has 33 heavy (non-hydrogen) atoms. The van der Waals surface area contributed by atoms with Crippen LogP contribution in [0.5, 0.6) is 0 Å². The zero-order valence-corrected chi connectivity index (χ0v) is 19.9. The lowest BCUT2D eigenvalue weighted by Gasteiger charge is -2.32. The lowest BCUT2D eigenvalue weighted by molar-refractivity contribution is -0.121. The van der Waals surface area contributed by atoms with Crippen LogP contribution in [0, 0.1) is 0 Å². The Balaban J connectivity index is 1.45. The van der Waals surface area contributed by atoms with Crippen molar-refractivity contribution in [2.45, 2.75) is 29.2 Å². The molecule has 3 aliphatic rings. The molecule has 0 spiro atoms. The summed E-state index contributed by atoms with van der Waals surface area (Å²) in [6.45, 7) is 3.16. The number of ether oxygens (including phenoxy) is 1. The summed E-state index contributed by atoms with van der Waals surface area (Å²) in [7, 11) is -3.72. The first-order valence-electron chi connectivity index (χ1n) is 10.9. The summed E-state index contributed by atoms with van der Waals surface area (Å²) in [5.41, 5.74) is 2.45. The van der Waals surface area contributed by atoms with Crippen LogP contribution in [0.25, 0.3) is 0 Å². The minimum Gasteiger partial charge on any atom is -0.379 e. The summed E-state index contributed by atoms with van der Waals surface area (Å²) in [5, 5.41) is 0. The van der Waals surface area contributed by atoms with E-state index < -0.39 is 10.0 Å². The quantitative estimate of drug-likeness (QED) is 0.657. The number of amides is 2. The lowest BCUT2D eigenvalue weighted by Crippen LogP contribution is -2.47. The van der Waals surface area contributed by atoms with Gasteiger partial charge in [0.2, 0.25) is 21.8 Å². The number of para-hydroxylation sites is 1. The number of rotatable bonds is 4. The van der Waals surface area contributed by atoms with Crippen molar-refractivity contribution in [3.05, 3.63) is 48.0 Å². The lowest BCUT2D eigenvalue weighted by atomic mass is 10.1. The molecular formula is C23H25N3O5S2. The van der Waals surface area contributed by atoms with Crippen LogP contribution in [-0.2, 0) is 30.8 Å². The van der Waals surface area contributed by atoms with Crippen LogP contribution in [0.3, 0.4) is 0 Å². The molecule has 0 aliphatic carbocycles. The number of thioether (sulfide) groups is 1. The summed E-state index contributed by atoms with van der Waals surface area (Å²) >= 11 is 1.36. The Morgan fingerprint density at radius 2 is 1.88 bits per heavy atom. The first-order valence-corrected chi connectivity index (χ1v) is 13.3. The van der Waals surface area contributed by atoms with Gasteiger partial charge in [-0.1, -0.05) is 18.2 Å². The Kier molecular flexibility index (Phi) is 5.94. The maximum atomic E-state index is 13.4. The third-order valence-electron chi connectivity index (χ3n) is 6.25. The fraction of sp³-hybridized carbons (Fsp3) is 0.391. The summed E-state index contributed by atoms with van der Waals surface area (Å²) < 4.78 is 33.0. The molecule has 2 aromatic carbocycles. The SMILES string of the molecule is C[C@H]1Cc2ccccc2N1C(=O)CN1C(=O)CSc2ccc(S(=O)(=O)N3CCOCC3)cc21. The highest BCUT2D eigenvalue weighted by molar-refractivity contribution is 8.00. The predicted molar refractivity (Wildman–Crippen MR) is 126 cm³/mol. The minimum absolute atomic E-state index is 0.00308. The molecule has 0 aromatic heterocycles. The largest absolute Gasteiger partial charge is 0.379 e. The molecule has 0 radical (unpaired) electrons. The van der Waals surface area contributed by atoms with Crippen molar-refractivity contribution in [1.29, 1.82) is 0 Å². The number of anilines is 2. The van der Waals surface area contributed by atoms with E-state index in [9.17, 15) is 18.0 Å². The van der Waals surface area contributed by atoms with Crippen molar-refractivity contribution in [1.82, 2.24) is 4.31 Å². The molecule has 5 rings (SSSR count). The van der Waals surface area contributed by atoms with E-state index in [1.54, 1.807) is 17.0 Å². The van der Waals surface area contributed by atoms with Crippen molar-refractivity contribution >= 4 is 45.0 Å². The number of sulfonamides is 1. The van der Waals surface area contributed by atoms with Crippen molar-refractivity contribution < 1.29 is 22.7 Å². The third-order valence-corrected chi connectivity index (χ3v) is 9.19. The number of morpholine rings is 1. The Labute approximate surface area is 197 Å². The van der Waals surface area contributed by atoms with Crippen LogP contribution in [0.2, 0.25) is 0 Å². The third kappa shape index (κ3) is 4.05. The molecule has 10 heteroatoms. The van der Waals surface area contributed by atoms with E-state index >= 15 is 0 Å². The Morgan fingerprint density at radius 1 is 1.12 bits per heavy atom. The molecule has 3 aliphatic heterocycles. The molecule has 3 heterocycles. The van der Waals surface area contributed by atoms with Gasteiger partial charge in [-0.15, -0.1) is 11.8 Å². The first kappa shape index (κ1) is 22.4. The summed E-state index contributed by atoms with van der Waals surface area (Å²) in [4.78, 5) is 30.3. The summed E-state index contributed by atoms with van der Waals surface area (Å²) in [6.07, 6.45) is 0.768. The van der Waals surface area contributed by atoms with E-state index in [2.05, 4.69) is 0 Å². The van der Waals surface area contributed by atoms with Crippen LogP contribution in [-0.4, -0.2) is 69.2 Å². The molecular weight excluding hydrogens is 462 g/mol. The van der Waals surface area contributed by atoms with Crippen LogP contribution in [0.15, 0.2) is 52.3 Å². The zero-order valence-electron chi connectivity index (χ0n) is 18.3. The number of carbonyl (C=O) groups excluding carboxylic acids is 2. The van der Waals surface area contributed by atoms with Crippen LogP contribution in [0.1, 0.15) is 12.5 Å². The molecule has 2 amide bonds. The maximum Gasteiger partial charge on any atom is 0.247 e. The number of fused-ring (bicyclic) bond motifs is 2. The van der Waals surface area contributed by atoms with Gasteiger partial charge in [-0.3, -0.25) is 9.59 Å². The van der Waals surface area contributed by atoms with E-state index in [1.165, 1.54) is 27.0 Å². The summed E-state index contributed by atoms with van der Waals surface area (Å²) in [5.74, 6) is -0.177. The Bertz CT molecular complexity index is 1210. The number of benzene rings is 2. The van der Waals surface area contributed by atoms with E-state index in [0.29, 0.717) is 32.0 Å². The van der Waals surface area contributed by atoms with Gasteiger partial charge in [-0.05, 0) is 43.2 Å². The van der Waals surface area contributed by atoms with Gasteiger partial charge in [-0.25, -0.2) is 8.42 Å². The van der Waals surface area contributed by atoms with Gasteiger partial charge >= 0.3 is 0 Å². The number of carbonyl (C=O) groups is 2. The van der Waals surface area contributed by atoms with Crippen LogP contribution >= 0.6 is 11.8 Å². The minimum atomic E-state index is -3.72. The van der Waals surface area contributed by atoms with E-state index in [-0.39, 0.29) is 35.0 Å². The molecule has 1 saturated heterocycles. The molecule has 0 bridgehead atoms. The monoisotopic (exact) mass is 487 g/mol. The van der Waals surface area contributed by atoms with Gasteiger partial charge in [0.1, 0.15) is 6.54 Å². The van der Waals surface area contributed by atoms with Crippen molar-refractivity contribution in [3.8, 4) is 0 Å². The molecule has 8 nitrogen and oxygen atoms in total. The van der Waals surface area contributed by atoms with Crippen molar-refractivity contribution in [3.63, 3.8) is 0 Å². The topological polar surface area (TPSA) is 87.2 Å². The predicted octanol–water partition coefficient (Wildman–Crippen LogP) is 2.12. The second kappa shape index (κ2) is 8.75. The smallest absolute Gasteiger partial charge is 0.247 e. The van der Waals surface area contributed by atoms with Crippen molar-refractivity contribution in [2.24, 2.45) is 0 Å². The highest BCUT2D eigenvalue weighted by atomic mass is 32.2. The van der Waals surface area contributed by atoms with Gasteiger partial charge in [0.15, 0.2) is 0 Å². The molecule has 0 saturated carbocycles. The average Bonchev–Trinajstić information content (AvgIpc) is 3.16. The van der Waals surface area contributed by atoms with Gasteiger partial charge < -0.3 is 14.5 Å². The van der Waals surface area contributed by atoms with Crippen molar-refractivity contribution in [2.75, 3.05) is 48.4 Å². The first-order chi connectivity index (χ1) is 15.9. The number of nitrogens with zero attached hydrogens (tertiary/aromatic N) is 3. The van der Waals surface area contributed by atoms with E-state index in [0.717, 1.165) is 22.6 Å². The average molecular weight is 488 g/mol. The number of hydrogen-bond acceptors (Lipinski definition) is 6. The van der Waals surface area contributed by atoms with Crippen LogP contribution in [0.4, 0.5) is 11.4 Å². The second-order valence-electron chi connectivity index (χ2n) is 8.36. The molecule has 0 unspecified atom stereocenters. The Morgan fingerprint density at radius 3 is 2.67 bits per heavy atom. The molecule has 0 N–H and O–H groups in total. The van der Waals surface area contributed by atoms with Crippen LogP contribution < -0.4 is 9.80 Å². The van der Waals surface area contributed by atoms with E-state index in [4.69, 9.17) is 4.74 Å². The van der Waals surface area contributed by atoms with Gasteiger partial charge in [0.05, 0.1) is 29.5 Å². The van der Waals surface area contributed by atoms with E-state index in [1.807, 2.05) is 31.2 Å². The molecule has 174 valence electrons. The Hall–Kier alpha value is -2.40. The van der Waals surface area contributed by atoms with Gasteiger partial charge in [-0.2, -0.15) is 4.31 Å². The highest BCUT2D eigenvalue weighted by Crippen LogP contribution is 2.38. The summed E-state index contributed by atoms with van der Waals surface area (Å²) in [6, 6.07) is 12.6. The van der Waals surface area contributed by atoms with Gasteiger partial charge in [0, 0.05) is 29.7 Å². The number of hydrogen-bond donors (Lipinski definition) is 0. The maximum absolute atomic E-state index is 13.4. The van der Waals surface area contributed by atoms with Gasteiger partial charge in [0.25, 0.3) is 0 Å². The molecule has 1 atom stereocenters. The normalized spacial score (nSPS) is 21.1. The highest BCUT2D eigenvalue weighted by Gasteiger charge is 2.35. The fourth-order valence-corrected chi connectivity index (χ4v) is 6.95. The fourth-order valence-electron chi connectivity index (χ4n) is 4.61. The molecule has 1 fully saturated rings. The second-order valence-corrected chi connectivity index (χ2v) is 11.3.